The van der Waals surface area contributed by atoms with E-state index in [2.05, 4.69) is 5.16 Å². The molecule has 0 atom stereocenters. The molecule has 0 bridgehead atoms. The van der Waals surface area contributed by atoms with E-state index < -0.39 is 5.82 Å². The molecule has 96 valence electrons. The van der Waals surface area contributed by atoms with E-state index in [-0.39, 0.29) is 17.2 Å². The van der Waals surface area contributed by atoms with Crippen LogP contribution in [0.2, 0.25) is 0 Å². The number of nitrogens with zero attached hydrogens (tertiary/aromatic N) is 2. The normalized spacial score (nSPS) is 11.1. The maximum Gasteiger partial charge on any atom is 0.230 e. The molecular weight excluding hydrogens is 237 g/mol. The molecule has 0 saturated carbocycles. The van der Waals surface area contributed by atoms with Gasteiger partial charge in [-0.1, -0.05) is 5.16 Å². The smallest absolute Gasteiger partial charge is 0.230 e. The molecule has 0 aliphatic heterocycles. The van der Waals surface area contributed by atoms with Gasteiger partial charge in [-0.15, -0.1) is 0 Å². The zero-order valence-electron chi connectivity index (χ0n) is 10.1. The summed E-state index contributed by atoms with van der Waals surface area (Å²) in [6.45, 7) is 0.418. The van der Waals surface area contributed by atoms with Crippen LogP contribution in [-0.4, -0.2) is 29.3 Å². The summed E-state index contributed by atoms with van der Waals surface area (Å²) in [7, 11) is 3.66. The first kappa shape index (κ1) is 12.4. The molecule has 0 amide bonds. The molecule has 0 aliphatic rings. The van der Waals surface area contributed by atoms with Crippen LogP contribution in [0.15, 0.2) is 22.9 Å². The van der Waals surface area contributed by atoms with E-state index in [9.17, 15) is 9.50 Å². The van der Waals surface area contributed by atoms with Crippen LogP contribution in [0.1, 0.15) is 5.56 Å². The van der Waals surface area contributed by atoms with Crippen molar-refractivity contribution in [3.05, 3.63) is 29.7 Å². The molecule has 18 heavy (non-hydrogen) atoms. The number of phenols is 1. The molecular formula is C12H14FN3O2. The second-order valence-electron chi connectivity index (χ2n) is 4.30. The van der Waals surface area contributed by atoms with Crippen LogP contribution < -0.4 is 5.73 Å². The highest BCUT2D eigenvalue weighted by Gasteiger charge is 2.16. The zero-order chi connectivity index (χ0) is 13.3. The Morgan fingerprint density at radius 2 is 2.11 bits per heavy atom. The van der Waals surface area contributed by atoms with E-state index in [1.165, 1.54) is 18.3 Å². The SMILES string of the molecule is CN(C)Cc1cc(F)cc(-c2cnoc2N)c1O. The molecule has 3 N–H and O–H groups in total. The van der Waals surface area contributed by atoms with Gasteiger partial charge in [-0.2, -0.15) is 0 Å². The number of benzene rings is 1. The minimum absolute atomic E-state index is 0.0139. The second kappa shape index (κ2) is 4.66. The third-order valence-electron chi connectivity index (χ3n) is 2.53. The highest BCUT2D eigenvalue weighted by Crippen LogP contribution is 2.36. The number of aromatic nitrogens is 1. The molecule has 5 nitrogen and oxygen atoms in total. The predicted molar refractivity (Wildman–Crippen MR) is 65.4 cm³/mol. The standard InChI is InChI=1S/C12H14FN3O2/c1-16(2)6-7-3-8(13)4-9(11(7)17)10-5-15-18-12(10)14/h3-5,17H,6,14H2,1-2H3. The second-order valence-corrected chi connectivity index (χ2v) is 4.30. The Bertz CT molecular complexity index is 566. The lowest BCUT2D eigenvalue weighted by Crippen LogP contribution is -2.11. The van der Waals surface area contributed by atoms with Crippen molar-refractivity contribution in [3.8, 4) is 16.9 Å². The third-order valence-corrected chi connectivity index (χ3v) is 2.53. The first-order valence-electron chi connectivity index (χ1n) is 5.35. The van der Waals surface area contributed by atoms with E-state index in [0.717, 1.165) is 0 Å². The van der Waals surface area contributed by atoms with E-state index in [1.807, 2.05) is 19.0 Å². The van der Waals surface area contributed by atoms with Crippen LogP contribution in [0.25, 0.3) is 11.1 Å². The Kier molecular flexibility index (Phi) is 3.20. The van der Waals surface area contributed by atoms with Gasteiger partial charge in [0.05, 0.1) is 11.8 Å². The van der Waals surface area contributed by atoms with Crippen molar-refractivity contribution in [1.82, 2.24) is 10.1 Å². The fourth-order valence-electron chi connectivity index (χ4n) is 1.77. The summed E-state index contributed by atoms with van der Waals surface area (Å²) in [6.07, 6.45) is 1.35. The van der Waals surface area contributed by atoms with Gasteiger partial charge in [0.1, 0.15) is 11.6 Å². The molecule has 0 aliphatic carbocycles. The Hall–Kier alpha value is -2.08. The molecule has 6 heteroatoms. The average Bonchev–Trinajstić information content (AvgIpc) is 2.68. The fraction of sp³-hybridized carbons (Fsp3) is 0.250. The van der Waals surface area contributed by atoms with Crippen molar-refractivity contribution in [3.63, 3.8) is 0 Å². The van der Waals surface area contributed by atoms with Crippen molar-refractivity contribution >= 4 is 5.88 Å². The van der Waals surface area contributed by atoms with Crippen LogP contribution >= 0.6 is 0 Å². The summed E-state index contributed by atoms with van der Waals surface area (Å²) in [5.41, 5.74) is 6.72. The van der Waals surface area contributed by atoms with Gasteiger partial charge in [0.2, 0.25) is 5.88 Å². The Morgan fingerprint density at radius 3 is 2.67 bits per heavy atom. The molecule has 1 aromatic carbocycles. The number of aromatic hydroxyl groups is 1. The Labute approximate surface area is 104 Å². The van der Waals surface area contributed by atoms with Crippen molar-refractivity contribution in [2.75, 3.05) is 19.8 Å². The van der Waals surface area contributed by atoms with Crippen LogP contribution in [0.3, 0.4) is 0 Å². The largest absolute Gasteiger partial charge is 0.507 e. The van der Waals surface area contributed by atoms with Gasteiger partial charge in [0.15, 0.2) is 0 Å². The third kappa shape index (κ3) is 2.28. The summed E-state index contributed by atoms with van der Waals surface area (Å²) in [5, 5.41) is 13.7. The zero-order valence-corrected chi connectivity index (χ0v) is 10.1. The highest BCUT2D eigenvalue weighted by molar-refractivity contribution is 5.77. The highest BCUT2D eigenvalue weighted by atomic mass is 19.1. The molecule has 1 aromatic heterocycles. The summed E-state index contributed by atoms with van der Waals surface area (Å²) in [6, 6.07) is 2.50. The number of nitrogens with two attached hydrogens (primary N) is 1. The van der Waals surface area contributed by atoms with Crippen molar-refractivity contribution in [2.24, 2.45) is 0 Å². The van der Waals surface area contributed by atoms with Crippen LogP contribution in [0.4, 0.5) is 10.3 Å². The number of rotatable bonds is 3. The summed E-state index contributed by atoms with van der Waals surface area (Å²) < 4.78 is 18.3. The Balaban J connectivity index is 2.55. The van der Waals surface area contributed by atoms with Gasteiger partial charge in [-0.3, -0.25) is 0 Å². The average molecular weight is 251 g/mol. The molecule has 1 heterocycles. The van der Waals surface area contributed by atoms with Gasteiger partial charge < -0.3 is 20.3 Å². The van der Waals surface area contributed by atoms with Gasteiger partial charge in [0, 0.05) is 17.7 Å². The van der Waals surface area contributed by atoms with Crippen molar-refractivity contribution < 1.29 is 14.0 Å². The minimum atomic E-state index is -0.444. The number of nitrogen functional groups attached to an aromatic ring is 1. The fourth-order valence-corrected chi connectivity index (χ4v) is 1.77. The molecule has 0 spiro atoms. The van der Waals surface area contributed by atoms with Gasteiger partial charge in [0.25, 0.3) is 0 Å². The summed E-state index contributed by atoms with van der Waals surface area (Å²) >= 11 is 0. The lowest BCUT2D eigenvalue weighted by atomic mass is 10.0. The monoisotopic (exact) mass is 251 g/mol. The maximum atomic E-state index is 13.6. The van der Waals surface area contributed by atoms with Gasteiger partial charge >= 0.3 is 0 Å². The van der Waals surface area contributed by atoms with Crippen LogP contribution in [-0.2, 0) is 6.54 Å². The molecule has 0 unspecified atom stereocenters. The lowest BCUT2D eigenvalue weighted by molar-refractivity contribution is 0.385. The van der Waals surface area contributed by atoms with Gasteiger partial charge in [-0.05, 0) is 26.2 Å². The molecule has 2 aromatic rings. The first-order valence-corrected chi connectivity index (χ1v) is 5.35. The van der Waals surface area contributed by atoms with Crippen LogP contribution in [0, 0.1) is 5.82 Å². The number of phenolic OH excluding ortho intramolecular Hbond substituents is 1. The maximum absolute atomic E-state index is 13.6. The first-order chi connectivity index (χ1) is 8.49. The van der Waals surface area contributed by atoms with E-state index in [4.69, 9.17) is 10.3 Å². The van der Waals surface area contributed by atoms with Crippen molar-refractivity contribution in [1.29, 1.82) is 0 Å². The van der Waals surface area contributed by atoms with Crippen molar-refractivity contribution in [2.45, 2.75) is 6.54 Å². The topological polar surface area (TPSA) is 75.5 Å². The van der Waals surface area contributed by atoms with Crippen LogP contribution in [0.5, 0.6) is 5.75 Å². The molecule has 0 radical (unpaired) electrons. The number of halogens is 1. The van der Waals surface area contributed by atoms with E-state index in [0.29, 0.717) is 17.7 Å². The van der Waals surface area contributed by atoms with Gasteiger partial charge in [-0.25, -0.2) is 4.39 Å². The number of hydrogen-bond acceptors (Lipinski definition) is 5. The van der Waals surface area contributed by atoms with E-state index >= 15 is 0 Å². The van der Waals surface area contributed by atoms with E-state index in [1.54, 1.807) is 0 Å². The Morgan fingerprint density at radius 1 is 1.39 bits per heavy atom. The molecule has 2 rings (SSSR count). The molecule has 0 fully saturated rings. The lowest BCUT2D eigenvalue weighted by Gasteiger charge is -2.13. The quantitative estimate of drug-likeness (QED) is 0.870. The number of hydrogen-bond donors (Lipinski definition) is 2. The summed E-state index contributed by atoms with van der Waals surface area (Å²) in [5.74, 6) is -0.410. The predicted octanol–water partition coefficient (Wildman–Crippen LogP) is 1.83. The number of anilines is 1. The molecule has 0 saturated heterocycles. The minimum Gasteiger partial charge on any atom is -0.507 e. The summed E-state index contributed by atoms with van der Waals surface area (Å²) in [4.78, 5) is 1.83.